The Hall–Kier alpha value is -3.68. The van der Waals surface area contributed by atoms with Gasteiger partial charge in [-0.05, 0) is 30.3 Å². The summed E-state index contributed by atoms with van der Waals surface area (Å²) in [5.41, 5.74) is 3.48. The lowest BCUT2D eigenvalue weighted by Crippen LogP contribution is -2.12. The first kappa shape index (κ1) is 17.4. The summed E-state index contributed by atoms with van der Waals surface area (Å²) in [5, 5.41) is 16.0. The van der Waals surface area contributed by atoms with Gasteiger partial charge in [-0.3, -0.25) is 9.67 Å². The van der Waals surface area contributed by atoms with Gasteiger partial charge >= 0.3 is 5.97 Å². The van der Waals surface area contributed by atoms with Crippen molar-refractivity contribution >= 4 is 16.9 Å². The van der Waals surface area contributed by atoms with Crippen LogP contribution in [0.1, 0.15) is 12.5 Å². The number of carbonyl (C=O) groups excluding carboxylic acids is 1. The zero-order valence-electron chi connectivity index (χ0n) is 15.5. The van der Waals surface area contributed by atoms with Gasteiger partial charge in [0.15, 0.2) is 0 Å². The number of carbonyl (C=O) groups is 1. The molecule has 0 unspecified atom stereocenters. The van der Waals surface area contributed by atoms with Gasteiger partial charge in [-0.1, -0.05) is 0 Å². The molecule has 5 rings (SSSR count). The molecule has 146 valence electrons. The van der Waals surface area contributed by atoms with Crippen molar-refractivity contribution in [3.8, 4) is 28.3 Å². The standard InChI is InChI=1S/C21H17FN4O3/c1-25-10-15(19(24-25)12-2-4-13(22)5-3-12)14-6-8-23-16-11-26(20(27)18(14)16)17-7-9-29-21(17)28/h2-6,8,10-11,17,27H,7,9H2,1H3/t17-/m0/s1. The molecule has 1 N–H and O–H groups in total. The topological polar surface area (TPSA) is 82.2 Å². The number of hydrogen-bond donors (Lipinski definition) is 1. The van der Waals surface area contributed by atoms with Crippen molar-refractivity contribution in [2.75, 3.05) is 6.61 Å². The Morgan fingerprint density at radius 1 is 1.17 bits per heavy atom. The lowest BCUT2D eigenvalue weighted by atomic mass is 10.00. The summed E-state index contributed by atoms with van der Waals surface area (Å²) in [7, 11) is 1.80. The molecule has 29 heavy (non-hydrogen) atoms. The molecule has 8 heteroatoms. The zero-order valence-corrected chi connectivity index (χ0v) is 15.5. The van der Waals surface area contributed by atoms with E-state index in [1.807, 2.05) is 6.20 Å². The molecule has 7 nitrogen and oxygen atoms in total. The summed E-state index contributed by atoms with van der Waals surface area (Å²) in [6.45, 7) is 0.328. The van der Waals surface area contributed by atoms with E-state index in [4.69, 9.17) is 4.74 Å². The van der Waals surface area contributed by atoms with Crippen LogP contribution in [-0.4, -0.2) is 37.0 Å². The molecule has 0 amide bonds. The van der Waals surface area contributed by atoms with E-state index >= 15 is 0 Å². The van der Waals surface area contributed by atoms with Crippen LogP contribution in [0.25, 0.3) is 33.3 Å². The van der Waals surface area contributed by atoms with Crippen LogP contribution in [0, 0.1) is 5.82 Å². The van der Waals surface area contributed by atoms with Crippen LogP contribution in [0.2, 0.25) is 0 Å². The van der Waals surface area contributed by atoms with Crippen LogP contribution in [-0.2, 0) is 16.6 Å². The zero-order chi connectivity index (χ0) is 20.1. The maximum Gasteiger partial charge on any atom is 0.329 e. The fourth-order valence-electron chi connectivity index (χ4n) is 3.84. The number of hydrogen-bond acceptors (Lipinski definition) is 5. The van der Waals surface area contributed by atoms with E-state index in [1.165, 1.54) is 16.7 Å². The smallest absolute Gasteiger partial charge is 0.329 e. The van der Waals surface area contributed by atoms with E-state index in [0.717, 1.165) is 16.7 Å². The summed E-state index contributed by atoms with van der Waals surface area (Å²) in [6, 6.07) is 7.33. The molecule has 1 aliphatic rings. The second kappa shape index (κ2) is 6.44. The van der Waals surface area contributed by atoms with Gasteiger partial charge in [0.1, 0.15) is 17.6 Å². The van der Waals surface area contributed by atoms with Crippen LogP contribution in [0.4, 0.5) is 4.39 Å². The predicted molar refractivity (Wildman–Crippen MR) is 104 cm³/mol. The number of rotatable bonds is 3. The third kappa shape index (κ3) is 2.75. The molecule has 1 atom stereocenters. The van der Waals surface area contributed by atoms with Gasteiger partial charge in [0.2, 0.25) is 5.88 Å². The minimum absolute atomic E-state index is 0.0409. The Balaban J connectivity index is 1.72. The van der Waals surface area contributed by atoms with E-state index in [2.05, 4.69) is 10.1 Å². The molecular weight excluding hydrogens is 375 g/mol. The van der Waals surface area contributed by atoms with E-state index in [-0.39, 0.29) is 17.7 Å². The third-order valence-electron chi connectivity index (χ3n) is 5.19. The van der Waals surface area contributed by atoms with Gasteiger partial charge in [-0.15, -0.1) is 0 Å². The highest BCUT2D eigenvalue weighted by molar-refractivity contribution is 6.01. The maximum absolute atomic E-state index is 13.4. The number of fused-ring (bicyclic) bond motifs is 1. The van der Waals surface area contributed by atoms with Gasteiger partial charge in [-0.25, -0.2) is 9.18 Å². The number of cyclic esters (lactones) is 1. The van der Waals surface area contributed by atoms with Crippen LogP contribution < -0.4 is 0 Å². The lowest BCUT2D eigenvalue weighted by molar-refractivity contribution is -0.140. The maximum atomic E-state index is 13.4. The fraction of sp³-hybridized carbons (Fsp3) is 0.190. The Bertz CT molecular complexity index is 1240. The predicted octanol–water partition coefficient (Wildman–Crippen LogP) is 3.44. The second-order valence-electron chi connectivity index (χ2n) is 7.02. The van der Waals surface area contributed by atoms with Gasteiger partial charge in [0, 0.05) is 48.7 Å². The molecule has 1 aliphatic heterocycles. The monoisotopic (exact) mass is 392 g/mol. The molecule has 1 fully saturated rings. The number of benzene rings is 1. The average Bonchev–Trinajstić information content (AvgIpc) is 3.39. The van der Waals surface area contributed by atoms with E-state index < -0.39 is 6.04 Å². The highest BCUT2D eigenvalue weighted by atomic mass is 19.1. The number of aromatic nitrogens is 4. The molecule has 0 radical (unpaired) electrons. The Labute approximate surface area is 165 Å². The van der Waals surface area contributed by atoms with Crippen LogP contribution >= 0.6 is 0 Å². The summed E-state index contributed by atoms with van der Waals surface area (Å²) < 4.78 is 21.6. The van der Waals surface area contributed by atoms with Crippen LogP contribution in [0.15, 0.2) is 48.9 Å². The summed E-state index contributed by atoms with van der Waals surface area (Å²) in [6.07, 6.45) is 5.65. The first-order valence-corrected chi connectivity index (χ1v) is 9.18. The van der Waals surface area contributed by atoms with Crippen molar-refractivity contribution in [3.05, 3.63) is 54.7 Å². The molecule has 1 saturated heterocycles. The number of esters is 1. The molecule has 0 bridgehead atoms. The number of aromatic hydroxyl groups is 1. The first-order valence-electron chi connectivity index (χ1n) is 9.18. The van der Waals surface area contributed by atoms with Gasteiger partial charge in [0.05, 0.1) is 17.5 Å². The Morgan fingerprint density at radius 2 is 1.97 bits per heavy atom. The van der Waals surface area contributed by atoms with E-state index in [9.17, 15) is 14.3 Å². The van der Waals surface area contributed by atoms with Gasteiger partial charge < -0.3 is 14.4 Å². The highest BCUT2D eigenvalue weighted by Gasteiger charge is 2.31. The van der Waals surface area contributed by atoms with Gasteiger partial charge in [0.25, 0.3) is 0 Å². The number of halogens is 1. The van der Waals surface area contributed by atoms with Crippen molar-refractivity contribution in [1.82, 2.24) is 19.3 Å². The number of nitrogens with zero attached hydrogens (tertiary/aromatic N) is 4. The quantitative estimate of drug-likeness (QED) is 0.540. The second-order valence-corrected chi connectivity index (χ2v) is 7.02. The van der Waals surface area contributed by atoms with Crippen LogP contribution in [0.5, 0.6) is 5.88 Å². The molecule has 3 aromatic heterocycles. The van der Waals surface area contributed by atoms with Crippen molar-refractivity contribution in [3.63, 3.8) is 0 Å². The van der Waals surface area contributed by atoms with Crippen molar-refractivity contribution < 1.29 is 19.0 Å². The van der Waals surface area contributed by atoms with Crippen molar-refractivity contribution in [2.24, 2.45) is 7.05 Å². The summed E-state index contributed by atoms with van der Waals surface area (Å²) in [4.78, 5) is 16.4. The van der Waals surface area contributed by atoms with Gasteiger partial charge in [-0.2, -0.15) is 5.10 Å². The minimum atomic E-state index is -0.567. The molecule has 0 saturated carbocycles. The molecule has 0 aliphatic carbocycles. The number of ether oxygens (including phenoxy) is 1. The molecule has 4 aromatic rings. The fourth-order valence-corrected chi connectivity index (χ4v) is 3.84. The Kier molecular flexibility index (Phi) is 3.87. The van der Waals surface area contributed by atoms with Crippen LogP contribution in [0.3, 0.4) is 0 Å². The van der Waals surface area contributed by atoms with Crippen molar-refractivity contribution in [2.45, 2.75) is 12.5 Å². The summed E-state index contributed by atoms with van der Waals surface area (Å²) in [5.74, 6) is -0.730. The largest absolute Gasteiger partial charge is 0.494 e. The normalized spacial score (nSPS) is 16.5. The average molecular weight is 392 g/mol. The van der Waals surface area contributed by atoms with Crippen molar-refractivity contribution in [1.29, 1.82) is 0 Å². The van der Waals surface area contributed by atoms with E-state index in [1.54, 1.807) is 42.3 Å². The molecular formula is C21H17FN4O3. The summed E-state index contributed by atoms with van der Waals surface area (Å²) >= 11 is 0. The molecule has 4 heterocycles. The van der Waals surface area contributed by atoms with E-state index in [0.29, 0.717) is 29.6 Å². The number of aryl methyl sites for hydroxylation is 1. The minimum Gasteiger partial charge on any atom is -0.494 e. The third-order valence-corrected chi connectivity index (χ3v) is 5.19. The lowest BCUT2D eigenvalue weighted by Gasteiger charge is -2.09. The SMILES string of the molecule is Cn1cc(-c2ccnc3cn([C@H]4CCOC4=O)c(O)c23)c(-c2ccc(F)cc2)n1. The highest BCUT2D eigenvalue weighted by Crippen LogP contribution is 2.41. The first-order chi connectivity index (χ1) is 14.0. The molecule has 0 spiro atoms. The molecule has 1 aromatic carbocycles. The number of pyridine rings is 1. The Morgan fingerprint density at radius 3 is 2.69 bits per heavy atom.